The van der Waals surface area contributed by atoms with E-state index in [1.165, 1.54) is 4.68 Å². The first-order valence-electron chi connectivity index (χ1n) is 4.08. The minimum atomic E-state index is 0.00854. The molecular weight excluding hydrogens is 154 g/mol. The van der Waals surface area contributed by atoms with Crippen LogP contribution in [0.5, 0.6) is 0 Å². The molecule has 1 unspecified atom stereocenters. The molecule has 1 aromatic rings. The molecule has 1 rings (SSSR count). The van der Waals surface area contributed by atoms with Gasteiger partial charge < -0.3 is 5.73 Å². The van der Waals surface area contributed by atoms with Crippen LogP contribution in [0.15, 0.2) is 10.9 Å². The van der Waals surface area contributed by atoms with Crippen LogP contribution >= 0.6 is 0 Å². The Balaban J connectivity index is 2.70. The quantitative estimate of drug-likeness (QED) is 0.661. The zero-order chi connectivity index (χ0) is 9.14. The van der Waals surface area contributed by atoms with Gasteiger partial charge in [0.2, 0.25) is 0 Å². The fraction of sp³-hybridized carbons (Fsp3) is 0.625. The number of hydrogen-bond acceptors (Lipinski definition) is 2. The summed E-state index contributed by atoms with van der Waals surface area (Å²) in [6.07, 6.45) is 0.840. The molecule has 3 N–H and O–H groups in total. The van der Waals surface area contributed by atoms with Crippen molar-refractivity contribution in [3.05, 3.63) is 22.1 Å². The minimum absolute atomic E-state index is 0.00854. The Morgan fingerprint density at radius 2 is 2.42 bits per heavy atom. The molecule has 4 nitrogen and oxygen atoms in total. The molecule has 0 bridgehead atoms. The van der Waals surface area contributed by atoms with Gasteiger partial charge in [0.1, 0.15) is 0 Å². The molecule has 1 aromatic heterocycles. The summed E-state index contributed by atoms with van der Waals surface area (Å²) < 4.78 is 1.47. The number of nitrogens with zero attached hydrogens (tertiary/aromatic N) is 1. The number of nitrogens with two attached hydrogens (primary N) is 1. The number of aryl methyl sites for hydroxylation is 1. The van der Waals surface area contributed by atoms with Crippen molar-refractivity contribution in [3.63, 3.8) is 0 Å². The lowest BCUT2D eigenvalue weighted by Crippen LogP contribution is -2.13. The van der Waals surface area contributed by atoms with E-state index < -0.39 is 0 Å². The molecule has 0 saturated heterocycles. The molecule has 0 spiro atoms. The van der Waals surface area contributed by atoms with Gasteiger partial charge in [0.15, 0.2) is 0 Å². The van der Waals surface area contributed by atoms with Crippen molar-refractivity contribution in [2.24, 2.45) is 18.7 Å². The normalized spacial score (nSPS) is 13.2. The van der Waals surface area contributed by atoms with Crippen LogP contribution in [-0.4, -0.2) is 16.3 Å². The van der Waals surface area contributed by atoms with Crippen LogP contribution in [-0.2, 0) is 13.5 Å². The summed E-state index contributed by atoms with van der Waals surface area (Å²) in [5.74, 6) is 0.419. The van der Waals surface area contributed by atoms with E-state index in [1.54, 1.807) is 13.1 Å². The third kappa shape index (κ3) is 1.98. The molecule has 0 aliphatic carbocycles. The van der Waals surface area contributed by atoms with Gasteiger partial charge in [-0.3, -0.25) is 14.6 Å². The van der Waals surface area contributed by atoms with Gasteiger partial charge >= 0.3 is 0 Å². The Labute approximate surface area is 71.4 Å². The lowest BCUT2D eigenvalue weighted by molar-refractivity contribution is 0.575. The second-order valence-corrected chi connectivity index (χ2v) is 3.22. The number of aromatic nitrogens is 2. The zero-order valence-corrected chi connectivity index (χ0v) is 7.50. The SMILES string of the molecule is CC(CN)Cc1cc(=O)n(C)[nH]1. The second kappa shape index (κ2) is 3.58. The van der Waals surface area contributed by atoms with Crippen LogP contribution in [0.25, 0.3) is 0 Å². The van der Waals surface area contributed by atoms with E-state index in [0.29, 0.717) is 12.5 Å². The Morgan fingerprint density at radius 1 is 1.75 bits per heavy atom. The molecule has 0 aliphatic rings. The highest BCUT2D eigenvalue weighted by atomic mass is 16.1. The monoisotopic (exact) mass is 169 g/mol. The number of aromatic amines is 1. The molecule has 0 aromatic carbocycles. The van der Waals surface area contributed by atoms with E-state index in [9.17, 15) is 4.79 Å². The highest BCUT2D eigenvalue weighted by Gasteiger charge is 2.04. The van der Waals surface area contributed by atoms with Crippen LogP contribution in [0.2, 0.25) is 0 Å². The highest BCUT2D eigenvalue weighted by molar-refractivity contribution is 5.00. The molecule has 0 radical (unpaired) electrons. The first kappa shape index (κ1) is 9.06. The van der Waals surface area contributed by atoms with Crippen molar-refractivity contribution in [1.29, 1.82) is 0 Å². The summed E-state index contributed by atoms with van der Waals surface area (Å²) in [6, 6.07) is 1.62. The summed E-state index contributed by atoms with van der Waals surface area (Å²) in [7, 11) is 1.71. The van der Waals surface area contributed by atoms with Gasteiger partial charge in [0.25, 0.3) is 5.56 Å². The summed E-state index contributed by atoms with van der Waals surface area (Å²) in [5, 5.41) is 2.96. The molecule has 68 valence electrons. The van der Waals surface area contributed by atoms with E-state index in [0.717, 1.165) is 12.1 Å². The predicted octanol–water partition coefficient (Wildman–Crippen LogP) is -0.149. The fourth-order valence-corrected chi connectivity index (χ4v) is 1.11. The number of H-pyrrole nitrogens is 1. The number of rotatable bonds is 3. The summed E-state index contributed by atoms with van der Waals surface area (Å²) in [4.78, 5) is 11.0. The first-order valence-corrected chi connectivity index (χ1v) is 4.08. The number of hydrogen-bond donors (Lipinski definition) is 2. The lowest BCUT2D eigenvalue weighted by atomic mass is 10.1. The second-order valence-electron chi connectivity index (χ2n) is 3.22. The highest BCUT2D eigenvalue weighted by Crippen LogP contribution is 2.01. The van der Waals surface area contributed by atoms with Crippen molar-refractivity contribution >= 4 is 0 Å². The van der Waals surface area contributed by atoms with Crippen molar-refractivity contribution in [3.8, 4) is 0 Å². The average molecular weight is 169 g/mol. The lowest BCUT2D eigenvalue weighted by Gasteiger charge is -2.04. The summed E-state index contributed by atoms with van der Waals surface area (Å²) >= 11 is 0. The summed E-state index contributed by atoms with van der Waals surface area (Å²) in [5.41, 5.74) is 6.43. The standard InChI is InChI=1S/C8H15N3O/c1-6(5-9)3-7-4-8(12)11(2)10-7/h4,6,10H,3,5,9H2,1-2H3. The molecule has 4 heteroatoms. The van der Waals surface area contributed by atoms with Gasteiger partial charge in [-0.15, -0.1) is 0 Å². The maximum atomic E-state index is 11.0. The van der Waals surface area contributed by atoms with Crippen LogP contribution in [0, 0.1) is 5.92 Å². The minimum Gasteiger partial charge on any atom is -0.330 e. The molecule has 1 heterocycles. The largest absolute Gasteiger partial charge is 0.330 e. The van der Waals surface area contributed by atoms with E-state index in [1.807, 2.05) is 0 Å². The molecule has 0 saturated carbocycles. The van der Waals surface area contributed by atoms with Gasteiger partial charge in [-0.2, -0.15) is 0 Å². The van der Waals surface area contributed by atoms with Crippen molar-refractivity contribution in [2.75, 3.05) is 6.54 Å². The van der Waals surface area contributed by atoms with Gasteiger partial charge in [0.05, 0.1) is 0 Å². The maximum Gasteiger partial charge on any atom is 0.266 e. The van der Waals surface area contributed by atoms with Crippen molar-refractivity contribution in [1.82, 2.24) is 9.78 Å². The van der Waals surface area contributed by atoms with Gasteiger partial charge in [-0.05, 0) is 18.9 Å². The zero-order valence-electron chi connectivity index (χ0n) is 7.50. The molecule has 0 aliphatic heterocycles. The predicted molar refractivity (Wildman–Crippen MR) is 48.0 cm³/mol. The molecule has 0 fully saturated rings. The third-order valence-electron chi connectivity index (χ3n) is 1.91. The summed E-state index contributed by atoms with van der Waals surface area (Å²) in [6.45, 7) is 2.71. The van der Waals surface area contributed by atoms with Crippen molar-refractivity contribution < 1.29 is 0 Å². The Hall–Kier alpha value is -1.03. The van der Waals surface area contributed by atoms with Crippen LogP contribution in [0.3, 0.4) is 0 Å². The smallest absolute Gasteiger partial charge is 0.266 e. The molecule has 12 heavy (non-hydrogen) atoms. The van der Waals surface area contributed by atoms with E-state index in [-0.39, 0.29) is 5.56 Å². The van der Waals surface area contributed by atoms with Gasteiger partial charge in [-0.25, -0.2) is 0 Å². The Morgan fingerprint density at radius 3 is 2.83 bits per heavy atom. The Bertz CT molecular complexity index is 299. The van der Waals surface area contributed by atoms with Gasteiger partial charge in [0, 0.05) is 18.8 Å². The van der Waals surface area contributed by atoms with Crippen molar-refractivity contribution in [2.45, 2.75) is 13.3 Å². The fourth-order valence-electron chi connectivity index (χ4n) is 1.11. The first-order chi connectivity index (χ1) is 5.63. The maximum absolute atomic E-state index is 11.0. The number of nitrogens with one attached hydrogen (secondary N) is 1. The van der Waals surface area contributed by atoms with E-state index in [4.69, 9.17) is 5.73 Å². The Kier molecular flexibility index (Phi) is 2.70. The van der Waals surface area contributed by atoms with E-state index in [2.05, 4.69) is 12.0 Å². The van der Waals surface area contributed by atoms with E-state index >= 15 is 0 Å². The molecular formula is C8H15N3O. The average Bonchev–Trinajstić information content (AvgIpc) is 2.31. The molecule has 1 atom stereocenters. The molecule has 0 amide bonds. The topological polar surface area (TPSA) is 63.8 Å². The van der Waals surface area contributed by atoms with Gasteiger partial charge in [-0.1, -0.05) is 6.92 Å². The van der Waals surface area contributed by atoms with Crippen LogP contribution in [0.4, 0.5) is 0 Å². The third-order valence-corrected chi connectivity index (χ3v) is 1.91. The van der Waals surface area contributed by atoms with Crippen LogP contribution < -0.4 is 11.3 Å². The van der Waals surface area contributed by atoms with Crippen LogP contribution in [0.1, 0.15) is 12.6 Å².